The highest BCUT2D eigenvalue weighted by molar-refractivity contribution is 7.89. The first-order valence-corrected chi connectivity index (χ1v) is 8.80. The van der Waals surface area contributed by atoms with E-state index >= 15 is 0 Å². The minimum Gasteiger partial charge on any atom is -0.492 e. The normalized spacial score (nSPS) is 13.0. The quantitative estimate of drug-likeness (QED) is 0.808. The molecular formula is C16H21NO5S. The second-order valence-electron chi connectivity index (χ2n) is 5.12. The van der Waals surface area contributed by atoms with Crippen LogP contribution in [-0.4, -0.2) is 26.7 Å². The van der Waals surface area contributed by atoms with Crippen LogP contribution in [0.1, 0.15) is 30.1 Å². The van der Waals surface area contributed by atoms with Gasteiger partial charge in [-0.05, 0) is 39.0 Å². The van der Waals surface area contributed by atoms with Gasteiger partial charge in [0.2, 0.25) is 10.0 Å². The van der Waals surface area contributed by atoms with Crippen molar-refractivity contribution in [3.8, 4) is 5.75 Å². The number of aliphatic hydroxyl groups excluding tert-OH is 1. The van der Waals surface area contributed by atoms with Crippen LogP contribution in [-0.2, 0) is 10.0 Å². The van der Waals surface area contributed by atoms with Gasteiger partial charge >= 0.3 is 0 Å². The third-order valence-corrected chi connectivity index (χ3v) is 4.81. The van der Waals surface area contributed by atoms with E-state index in [9.17, 15) is 13.5 Å². The van der Waals surface area contributed by atoms with E-state index < -0.39 is 16.1 Å². The molecule has 0 aliphatic rings. The number of para-hydroxylation sites is 1. The molecule has 126 valence electrons. The molecule has 0 radical (unpaired) electrons. The number of sulfonamides is 1. The fourth-order valence-corrected chi connectivity index (χ4v) is 3.49. The van der Waals surface area contributed by atoms with E-state index in [0.29, 0.717) is 23.7 Å². The summed E-state index contributed by atoms with van der Waals surface area (Å²) in [5.41, 5.74) is 0.572. The van der Waals surface area contributed by atoms with Gasteiger partial charge in [0.05, 0.1) is 12.7 Å². The second kappa shape index (κ2) is 7.16. The molecule has 2 N–H and O–H groups in total. The molecule has 0 saturated carbocycles. The Kier molecular flexibility index (Phi) is 5.46. The minimum absolute atomic E-state index is 0.0501. The van der Waals surface area contributed by atoms with Gasteiger partial charge in [-0.15, -0.1) is 0 Å². The standard InChI is InChI=1S/C16H21NO5S/c1-4-21-15-7-5-6-8-16(15)23(19,20)17-10-14(18)13-9-11(2)22-12(13)3/h5-9,14,17-18H,4,10H2,1-3H3. The molecule has 1 unspecified atom stereocenters. The SMILES string of the molecule is CCOc1ccccc1S(=O)(=O)NCC(O)c1cc(C)oc1C. The van der Waals surface area contributed by atoms with Crippen LogP contribution < -0.4 is 9.46 Å². The van der Waals surface area contributed by atoms with Crippen LogP contribution in [0.5, 0.6) is 5.75 Å². The highest BCUT2D eigenvalue weighted by Gasteiger charge is 2.22. The zero-order valence-electron chi connectivity index (χ0n) is 13.4. The summed E-state index contributed by atoms with van der Waals surface area (Å²) in [7, 11) is -3.79. The lowest BCUT2D eigenvalue weighted by Gasteiger charge is -2.14. The van der Waals surface area contributed by atoms with Gasteiger partial charge in [0.1, 0.15) is 22.2 Å². The van der Waals surface area contributed by atoms with Crippen LogP contribution in [0.2, 0.25) is 0 Å². The van der Waals surface area contributed by atoms with Crippen molar-refractivity contribution in [2.75, 3.05) is 13.2 Å². The minimum atomic E-state index is -3.79. The van der Waals surface area contributed by atoms with E-state index in [1.54, 1.807) is 45.0 Å². The summed E-state index contributed by atoms with van der Waals surface area (Å²) in [6, 6.07) is 8.08. The maximum Gasteiger partial charge on any atom is 0.244 e. The summed E-state index contributed by atoms with van der Waals surface area (Å²) in [5, 5.41) is 10.2. The summed E-state index contributed by atoms with van der Waals surface area (Å²) >= 11 is 0. The number of ether oxygens (including phenoxy) is 1. The highest BCUT2D eigenvalue weighted by Crippen LogP contribution is 2.25. The maximum atomic E-state index is 12.4. The fraction of sp³-hybridized carbons (Fsp3) is 0.375. The van der Waals surface area contributed by atoms with Gasteiger partial charge < -0.3 is 14.3 Å². The van der Waals surface area contributed by atoms with Gasteiger partial charge in [0.25, 0.3) is 0 Å². The molecule has 1 aromatic carbocycles. The Morgan fingerprint density at radius 1 is 1.30 bits per heavy atom. The Morgan fingerprint density at radius 3 is 2.61 bits per heavy atom. The largest absolute Gasteiger partial charge is 0.492 e. The highest BCUT2D eigenvalue weighted by atomic mass is 32.2. The fourth-order valence-electron chi connectivity index (χ4n) is 2.30. The zero-order valence-corrected chi connectivity index (χ0v) is 14.2. The average Bonchev–Trinajstić information content (AvgIpc) is 2.84. The van der Waals surface area contributed by atoms with E-state index in [0.717, 1.165) is 0 Å². The van der Waals surface area contributed by atoms with E-state index in [4.69, 9.17) is 9.15 Å². The maximum absolute atomic E-state index is 12.4. The Morgan fingerprint density at radius 2 is 2.00 bits per heavy atom. The van der Waals surface area contributed by atoms with Crippen molar-refractivity contribution in [3.63, 3.8) is 0 Å². The van der Waals surface area contributed by atoms with Gasteiger partial charge in [0, 0.05) is 12.1 Å². The van der Waals surface area contributed by atoms with Gasteiger partial charge in [-0.25, -0.2) is 13.1 Å². The van der Waals surface area contributed by atoms with Crippen LogP contribution in [0, 0.1) is 13.8 Å². The predicted molar refractivity (Wildman–Crippen MR) is 85.9 cm³/mol. The molecular weight excluding hydrogens is 318 g/mol. The Balaban J connectivity index is 2.14. The molecule has 2 rings (SSSR count). The molecule has 6 nitrogen and oxygen atoms in total. The molecule has 0 spiro atoms. The number of benzene rings is 1. The number of furan rings is 1. The molecule has 1 heterocycles. The Hall–Kier alpha value is -1.83. The predicted octanol–water partition coefficient (Wildman–Crippen LogP) is 2.31. The van der Waals surface area contributed by atoms with Crippen molar-refractivity contribution < 1.29 is 22.7 Å². The van der Waals surface area contributed by atoms with E-state index in [2.05, 4.69) is 4.72 Å². The van der Waals surface area contributed by atoms with Crippen LogP contribution in [0.25, 0.3) is 0 Å². The van der Waals surface area contributed by atoms with Crippen molar-refractivity contribution in [2.24, 2.45) is 0 Å². The summed E-state index contributed by atoms with van der Waals surface area (Å²) in [4.78, 5) is 0.0501. The van der Waals surface area contributed by atoms with Gasteiger partial charge in [-0.1, -0.05) is 12.1 Å². The number of hydrogen-bond donors (Lipinski definition) is 2. The van der Waals surface area contributed by atoms with Crippen molar-refractivity contribution >= 4 is 10.0 Å². The molecule has 1 atom stereocenters. The van der Waals surface area contributed by atoms with Crippen LogP contribution in [0.3, 0.4) is 0 Å². The van der Waals surface area contributed by atoms with Gasteiger partial charge in [0.15, 0.2) is 0 Å². The van der Waals surface area contributed by atoms with Crippen molar-refractivity contribution in [2.45, 2.75) is 31.8 Å². The Bertz CT molecular complexity index is 767. The number of aliphatic hydroxyl groups is 1. The molecule has 0 aliphatic carbocycles. The number of rotatable bonds is 7. The molecule has 1 aromatic heterocycles. The Labute approximate surface area is 136 Å². The molecule has 0 amide bonds. The first-order valence-electron chi connectivity index (χ1n) is 7.31. The molecule has 0 aliphatic heterocycles. The molecule has 23 heavy (non-hydrogen) atoms. The number of aryl methyl sites for hydroxylation is 2. The topological polar surface area (TPSA) is 88.8 Å². The average molecular weight is 339 g/mol. The summed E-state index contributed by atoms with van der Waals surface area (Å²) in [6.07, 6.45) is -0.985. The number of hydrogen-bond acceptors (Lipinski definition) is 5. The van der Waals surface area contributed by atoms with Gasteiger partial charge in [-0.2, -0.15) is 0 Å². The van der Waals surface area contributed by atoms with Crippen LogP contribution in [0.4, 0.5) is 0 Å². The van der Waals surface area contributed by atoms with Crippen molar-refractivity contribution in [3.05, 3.63) is 47.4 Å². The van der Waals surface area contributed by atoms with E-state index in [1.165, 1.54) is 6.07 Å². The molecule has 0 fully saturated rings. The lowest BCUT2D eigenvalue weighted by atomic mass is 10.1. The van der Waals surface area contributed by atoms with Crippen molar-refractivity contribution in [1.82, 2.24) is 4.72 Å². The lowest BCUT2D eigenvalue weighted by molar-refractivity contribution is 0.180. The summed E-state index contributed by atoms with van der Waals surface area (Å²) in [5.74, 6) is 1.53. The van der Waals surface area contributed by atoms with Crippen molar-refractivity contribution in [1.29, 1.82) is 0 Å². The molecule has 0 saturated heterocycles. The summed E-state index contributed by atoms with van der Waals surface area (Å²) < 4.78 is 38.0. The summed E-state index contributed by atoms with van der Waals surface area (Å²) in [6.45, 7) is 5.49. The second-order valence-corrected chi connectivity index (χ2v) is 6.85. The van der Waals surface area contributed by atoms with Crippen LogP contribution in [0.15, 0.2) is 39.6 Å². The smallest absolute Gasteiger partial charge is 0.244 e. The van der Waals surface area contributed by atoms with Crippen LogP contribution >= 0.6 is 0 Å². The third-order valence-electron chi connectivity index (χ3n) is 3.34. The monoisotopic (exact) mass is 339 g/mol. The molecule has 0 bridgehead atoms. The first-order chi connectivity index (χ1) is 10.8. The molecule has 7 heteroatoms. The van der Waals surface area contributed by atoms with Gasteiger partial charge in [-0.3, -0.25) is 0 Å². The van der Waals surface area contributed by atoms with E-state index in [1.807, 2.05) is 0 Å². The zero-order chi connectivity index (χ0) is 17.0. The third kappa shape index (κ3) is 4.13. The first kappa shape index (κ1) is 17.5. The number of nitrogens with one attached hydrogen (secondary N) is 1. The lowest BCUT2D eigenvalue weighted by Crippen LogP contribution is -2.29. The molecule has 2 aromatic rings. The van der Waals surface area contributed by atoms with E-state index in [-0.39, 0.29) is 17.2 Å².